The third kappa shape index (κ3) is 4.08. The molecule has 0 saturated carbocycles. The molecule has 0 bridgehead atoms. The van der Waals surface area contributed by atoms with Gasteiger partial charge in [-0.3, -0.25) is 9.51 Å². The molecule has 0 spiro atoms. The standard InChI is InChI=1S/C11H12NO4PS/c13-17(14,15)16-8-18-7-9-5-10-3-1-2-4-11(10)12-6-9/h1-6H,7-8H2,(H2,13,14,15). The van der Waals surface area contributed by atoms with Crippen LogP contribution in [0.1, 0.15) is 5.56 Å². The van der Waals surface area contributed by atoms with Crippen molar-refractivity contribution in [2.75, 3.05) is 5.94 Å². The molecule has 5 nitrogen and oxygen atoms in total. The molecule has 2 N–H and O–H groups in total. The van der Waals surface area contributed by atoms with Gasteiger partial charge in [0, 0.05) is 17.3 Å². The van der Waals surface area contributed by atoms with Gasteiger partial charge in [0.1, 0.15) is 5.94 Å². The maximum atomic E-state index is 10.5. The van der Waals surface area contributed by atoms with E-state index in [1.807, 2.05) is 30.3 Å². The average Bonchev–Trinajstić information content (AvgIpc) is 2.33. The number of benzene rings is 1. The Balaban J connectivity index is 1.94. The fourth-order valence-electron chi connectivity index (χ4n) is 1.46. The number of hydrogen-bond donors (Lipinski definition) is 2. The molecule has 96 valence electrons. The summed E-state index contributed by atoms with van der Waals surface area (Å²) in [6, 6.07) is 9.79. The maximum Gasteiger partial charge on any atom is 0.470 e. The van der Waals surface area contributed by atoms with Crippen molar-refractivity contribution < 1.29 is 18.9 Å². The number of thioether (sulfide) groups is 1. The van der Waals surface area contributed by atoms with Crippen LogP contribution in [0.2, 0.25) is 0 Å². The maximum absolute atomic E-state index is 10.5. The average molecular weight is 285 g/mol. The van der Waals surface area contributed by atoms with Gasteiger partial charge >= 0.3 is 7.82 Å². The number of fused-ring (bicyclic) bond motifs is 1. The summed E-state index contributed by atoms with van der Waals surface area (Å²) in [5, 5.41) is 1.05. The number of phosphoric ester groups is 1. The first kappa shape index (κ1) is 13.5. The Bertz CT molecular complexity index is 586. The monoisotopic (exact) mass is 285 g/mol. The van der Waals surface area contributed by atoms with E-state index in [0.717, 1.165) is 16.5 Å². The Labute approximate surface area is 108 Å². The van der Waals surface area contributed by atoms with E-state index < -0.39 is 7.82 Å². The van der Waals surface area contributed by atoms with E-state index >= 15 is 0 Å². The molecule has 2 aromatic rings. The smallest absolute Gasteiger partial charge is 0.303 e. The quantitative estimate of drug-likeness (QED) is 0.499. The summed E-state index contributed by atoms with van der Waals surface area (Å²) in [5.74, 6) is 0.551. The number of phosphoric acid groups is 1. The van der Waals surface area contributed by atoms with Crippen LogP contribution in [-0.4, -0.2) is 20.7 Å². The van der Waals surface area contributed by atoms with Gasteiger partial charge in [0.2, 0.25) is 0 Å². The highest BCUT2D eigenvalue weighted by molar-refractivity contribution is 7.98. The van der Waals surface area contributed by atoms with E-state index in [1.54, 1.807) is 6.20 Å². The number of hydrogen-bond acceptors (Lipinski definition) is 4. The lowest BCUT2D eigenvalue weighted by Crippen LogP contribution is -1.90. The van der Waals surface area contributed by atoms with Crippen LogP contribution in [0.5, 0.6) is 0 Å². The predicted octanol–water partition coefficient (Wildman–Crippen LogP) is 2.53. The van der Waals surface area contributed by atoms with E-state index in [2.05, 4.69) is 9.51 Å². The molecule has 2 rings (SSSR count). The lowest BCUT2D eigenvalue weighted by atomic mass is 10.2. The van der Waals surface area contributed by atoms with Gasteiger partial charge in [0.25, 0.3) is 0 Å². The van der Waals surface area contributed by atoms with E-state index in [-0.39, 0.29) is 5.94 Å². The highest BCUT2D eigenvalue weighted by atomic mass is 32.2. The van der Waals surface area contributed by atoms with Crippen molar-refractivity contribution in [1.29, 1.82) is 0 Å². The second-order valence-corrected chi connectivity index (χ2v) is 5.79. The minimum atomic E-state index is -4.36. The third-order valence-electron chi connectivity index (χ3n) is 2.22. The van der Waals surface area contributed by atoms with E-state index in [1.165, 1.54) is 11.8 Å². The topological polar surface area (TPSA) is 79.7 Å². The van der Waals surface area contributed by atoms with Crippen molar-refractivity contribution in [3.8, 4) is 0 Å². The van der Waals surface area contributed by atoms with Gasteiger partial charge in [-0.15, -0.1) is 11.8 Å². The normalized spacial score (nSPS) is 11.9. The van der Waals surface area contributed by atoms with Gasteiger partial charge in [0.15, 0.2) is 0 Å². The summed E-state index contributed by atoms with van der Waals surface area (Å²) < 4.78 is 14.8. The lowest BCUT2D eigenvalue weighted by Gasteiger charge is -2.05. The summed E-state index contributed by atoms with van der Waals surface area (Å²) in [6.07, 6.45) is 1.76. The summed E-state index contributed by atoms with van der Waals surface area (Å²) in [5.41, 5.74) is 1.92. The molecule has 1 heterocycles. The van der Waals surface area contributed by atoms with E-state index in [0.29, 0.717) is 5.75 Å². The molecule has 0 radical (unpaired) electrons. The number of nitrogens with zero attached hydrogens (tertiary/aromatic N) is 1. The van der Waals surface area contributed by atoms with Gasteiger partial charge in [-0.25, -0.2) is 4.57 Å². The molecule has 0 aliphatic rings. The second kappa shape index (κ2) is 5.82. The van der Waals surface area contributed by atoms with Crippen LogP contribution < -0.4 is 0 Å². The molecule has 0 aliphatic carbocycles. The molecule has 18 heavy (non-hydrogen) atoms. The SMILES string of the molecule is O=P(O)(O)OCSCc1cnc2ccccc2c1. The Hall–Kier alpha value is -0.910. The van der Waals surface area contributed by atoms with E-state index in [4.69, 9.17) is 9.79 Å². The van der Waals surface area contributed by atoms with Crippen LogP contribution in [0.15, 0.2) is 36.5 Å². The summed E-state index contributed by atoms with van der Waals surface area (Å²) in [6.45, 7) is 0. The molecule has 0 amide bonds. The minimum absolute atomic E-state index is 0.0445. The molecule has 1 aromatic carbocycles. The van der Waals surface area contributed by atoms with Crippen LogP contribution >= 0.6 is 19.6 Å². The fraction of sp³-hybridized carbons (Fsp3) is 0.182. The number of para-hydroxylation sites is 1. The number of pyridine rings is 1. The third-order valence-corrected chi connectivity index (χ3v) is 3.68. The van der Waals surface area contributed by atoms with Crippen molar-refractivity contribution >= 4 is 30.5 Å². The predicted molar refractivity (Wildman–Crippen MR) is 71.0 cm³/mol. The lowest BCUT2D eigenvalue weighted by molar-refractivity contribution is 0.227. The summed E-state index contributed by atoms with van der Waals surface area (Å²) in [4.78, 5) is 21.3. The van der Waals surface area contributed by atoms with Gasteiger partial charge in [-0.05, 0) is 17.7 Å². The molecule has 0 unspecified atom stereocenters. The first-order valence-corrected chi connectivity index (χ1v) is 7.84. The van der Waals surface area contributed by atoms with Gasteiger partial charge < -0.3 is 9.79 Å². The van der Waals surface area contributed by atoms with Crippen LogP contribution in [0.4, 0.5) is 0 Å². The Morgan fingerprint density at radius 2 is 2.11 bits per heavy atom. The Morgan fingerprint density at radius 1 is 1.33 bits per heavy atom. The second-order valence-electron chi connectivity index (χ2n) is 3.62. The molecular formula is C11H12NO4PS. The molecule has 0 fully saturated rings. The number of aromatic nitrogens is 1. The van der Waals surface area contributed by atoms with E-state index in [9.17, 15) is 4.57 Å². The van der Waals surface area contributed by atoms with Gasteiger partial charge in [0.05, 0.1) is 5.52 Å². The molecule has 0 aliphatic heterocycles. The highest BCUT2D eigenvalue weighted by Crippen LogP contribution is 2.37. The Kier molecular flexibility index (Phi) is 4.37. The fourth-order valence-corrected chi connectivity index (χ4v) is 2.79. The summed E-state index contributed by atoms with van der Waals surface area (Å²) >= 11 is 1.29. The molecule has 1 aromatic heterocycles. The van der Waals surface area contributed by atoms with Crippen molar-refractivity contribution in [2.45, 2.75) is 5.75 Å². The van der Waals surface area contributed by atoms with Crippen molar-refractivity contribution in [1.82, 2.24) is 4.98 Å². The number of rotatable bonds is 5. The largest absolute Gasteiger partial charge is 0.470 e. The summed E-state index contributed by atoms with van der Waals surface area (Å²) in [7, 11) is -4.36. The van der Waals surface area contributed by atoms with Crippen molar-refractivity contribution in [3.63, 3.8) is 0 Å². The first-order valence-electron chi connectivity index (χ1n) is 5.16. The van der Waals surface area contributed by atoms with Crippen LogP contribution in [0.3, 0.4) is 0 Å². The molecule has 0 saturated heterocycles. The minimum Gasteiger partial charge on any atom is -0.303 e. The van der Waals surface area contributed by atoms with Crippen molar-refractivity contribution in [2.24, 2.45) is 0 Å². The molecular weight excluding hydrogens is 273 g/mol. The van der Waals surface area contributed by atoms with Crippen LogP contribution in [0, 0.1) is 0 Å². The van der Waals surface area contributed by atoms with Gasteiger partial charge in [-0.1, -0.05) is 18.2 Å². The highest BCUT2D eigenvalue weighted by Gasteiger charge is 2.12. The zero-order valence-electron chi connectivity index (χ0n) is 9.39. The zero-order valence-corrected chi connectivity index (χ0v) is 11.1. The van der Waals surface area contributed by atoms with Crippen molar-refractivity contribution in [3.05, 3.63) is 42.1 Å². The van der Waals surface area contributed by atoms with Crippen LogP contribution in [0.25, 0.3) is 10.9 Å². The molecule has 7 heteroatoms. The first-order chi connectivity index (χ1) is 8.54. The van der Waals surface area contributed by atoms with Crippen LogP contribution in [-0.2, 0) is 14.8 Å². The molecule has 0 atom stereocenters. The zero-order chi connectivity index (χ0) is 13.0. The Morgan fingerprint density at radius 3 is 2.89 bits per heavy atom. The van der Waals surface area contributed by atoms with Gasteiger partial charge in [-0.2, -0.15) is 0 Å².